The van der Waals surface area contributed by atoms with Crippen molar-refractivity contribution in [1.29, 1.82) is 0 Å². The fourth-order valence-electron chi connectivity index (χ4n) is 8.23. The Morgan fingerprint density at radius 1 is 0.786 bits per heavy atom. The molecule has 3 fully saturated rings. The summed E-state index contributed by atoms with van der Waals surface area (Å²) in [5, 5.41) is 0. The molecule has 5 rings (SSSR count). The normalized spacial score (nSPS) is 43.1. The van der Waals surface area contributed by atoms with Crippen molar-refractivity contribution in [3.05, 3.63) is 61.3 Å². The third-order valence-corrected chi connectivity index (χ3v) is 9.30. The van der Waals surface area contributed by atoms with Crippen molar-refractivity contribution < 1.29 is 0 Å². The molecule has 0 heterocycles. The third-order valence-electron chi connectivity index (χ3n) is 9.30. The van der Waals surface area contributed by atoms with Crippen LogP contribution in [-0.2, 0) is 0 Å². The van der Waals surface area contributed by atoms with Gasteiger partial charge in [0.15, 0.2) is 0 Å². The summed E-state index contributed by atoms with van der Waals surface area (Å²) in [6.07, 6.45) is 36.3. The van der Waals surface area contributed by atoms with Gasteiger partial charge in [-0.3, -0.25) is 0 Å². The summed E-state index contributed by atoms with van der Waals surface area (Å²) < 4.78 is 0. The molecule has 3 saturated carbocycles. The van der Waals surface area contributed by atoms with Crippen molar-refractivity contribution in [2.45, 2.75) is 64.2 Å². The second kappa shape index (κ2) is 7.85. The van der Waals surface area contributed by atoms with Crippen LogP contribution in [0.4, 0.5) is 0 Å². The van der Waals surface area contributed by atoms with E-state index >= 15 is 0 Å². The Labute approximate surface area is 172 Å². The summed E-state index contributed by atoms with van der Waals surface area (Å²) in [7, 11) is 0. The second-order valence-electron chi connectivity index (χ2n) is 10.4. The van der Waals surface area contributed by atoms with E-state index in [1.807, 2.05) is 0 Å². The van der Waals surface area contributed by atoms with E-state index in [4.69, 9.17) is 0 Å². The number of allylic oxidation sites excluding steroid dienone is 9. The topological polar surface area (TPSA) is 0 Å². The van der Waals surface area contributed by atoms with Crippen LogP contribution in [0.25, 0.3) is 0 Å². The molecule has 28 heavy (non-hydrogen) atoms. The van der Waals surface area contributed by atoms with Crippen LogP contribution in [0, 0.1) is 46.8 Å². The van der Waals surface area contributed by atoms with Gasteiger partial charge in [0.2, 0.25) is 0 Å². The van der Waals surface area contributed by atoms with E-state index in [0.717, 1.165) is 41.4 Å². The fourth-order valence-corrected chi connectivity index (χ4v) is 8.23. The maximum Gasteiger partial charge on any atom is -0.00954 e. The van der Waals surface area contributed by atoms with Gasteiger partial charge >= 0.3 is 0 Å². The molecule has 5 aliphatic rings. The molecule has 0 saturated heterocycles. The van der Waals surface area contributed by atoms with Gasteiger partial charge in [-0.2, -0.15) is 0 Å². The van der Waals surface area contributed by atoms with Crippen LogP contribution in [-0.4, -0.2) is 0 Å². The van der Waals surface area contributed by atoms with Crippen molar-refractivity contribution in [2.75, 3.05) is 0 Å². The minimum absolute atomic E-state index is 0.592. The van der Waals surface area contributed by atoms with Crippen molar-refractivity contribution in [1.82, 2.24) is 0 Å². The number of fused-ring (bicyclic) bond motifs is 3. The van der Waals surface area contributed by atoms with Gasteiger partial charge in [0.25, 0.3) is 0 Å². The predicted octanol–water partition coefficient (Wildman–Crippen LogP) is 7.67. The Bertz CT molecular complexity index is 649. The highest BCUT2D eigenvalue weighted by Crippen LogP contribution is 2.65. The van der Waals surface area contributed by atoms with Gasteiger partial charge in [-0.05, 0) is 85.4 Å². The van der Waals surface area contributed by atoms with Gasteiger partial charge < -0.3 is 0 Å². The quantitative estimate of drug-likeness (QED) is 0.433. The molecule has 150 valence electrons. The summed E-state index contributed by atoms with van der Waals surface area (Å²) >= 11 is 0. The van der Waals surface area contributed by atoms with Crippen LogP contribution in [0.2, 0.25) is 0 Å². The Kier molecular flexibility index (Phi) is 5.24. The number of rotatable bonds is 5. The average Bonchev–Trinajstić information content (AvgIpc) is 3.36. The smallest absolute Gasteiger partial charge is 0.00954 e. The molecule has 0 spiro atoms. The van der Waals surface area contributed by atoms with Gasteiger partial charge in [0.1, 0.15) is 0 Å². The first kappa shape index (κ1) is 18.7. The van der Waals surface area contributed by atoms with Crippen molar-refractivity contribution in [2.24, 2.45) is 46.8 Å². The van der Waals surface area contributed by atoms with Crippen molar-refractivity contribution >= 4 is 0 Å². The Balaban J connectivity index is 1.48. The second-order valence-corrected chi connectivity index (χ2v) is 10.4. The van der Waals surface area contributed by atoms with Gasteiger partial charge in [-0.1, -0.05) is 80.4 Å². The van der Waals surface area contributed by atoms with Gasteiger partial charge in [-0.25, -0.2) is 0 Å². The molecular weight excluding hydrogens is 336 g/mol. The molecule has 0 aliphatic heterocycles. The van der Waals surface area contributed by atoms with Crippen LogP contribution < -0.4 is 0 Å². The first-order valence-electron chi connectivity index (χ1n) is 12.1. The summed E-state index contributed by atoms with van der Waals surface area (Å²) in [5.41, 5.74) is 0.592. The van der Waals surface area contributed by atoms with Crippen LogP contribution in [0.5, 0.6) is 0 Å². The van der Waals surface area contributed by atoms with Gasteiger partial charge in [0.05, 0.1) is 0 Å². The van der Waals surface area contributed by atoms with Crippen LogP contribution >= 0.6 is 0 Å². The number of hydrogen-bond donors (Lipinski definition) is 0. The third kappa shape index (κ3) is 3.03. The average molecular weight is 375 g/mol. The Hall–Kier alpha value is -1.30. The van der Waals surface area contributed by atoms with E-state index in [2.05, 4.69) is 61.3 Å². The highest BCUT2D eigenvalue weighted by Gasteiger charge is 2.58. The van der Waals surface area contributed by atoms with Gasteiger partial charge in [0, 0.05) is 0 Å². The van der Waals surface area contributed by atoms with Crippen LogP contribution in [0.3, 0.4) is 0 Å². The van der Waals surface area contributed by atoms with E-state index in [1.54, 1.807) is 0 Å². The molecule has 0 amide bonds. The molecule has 0 aromatic carbocycles. The molecule has 0 heteroatoms. The largest absolute Gasteiger partial charge is 0.103 e. The van der Waals surface area contributed by atoms with E-state index in [9.17, 15) is 0 Å². The van der Waals surface area contributed by atoms with E-state index < -0.39 is 0 Å². The summed E-state index contributed by atoms with van der Waals surface area (Å²) in [6.45, 7) is 3.97. The first-order valence-corrected chi connectivity index (χ1v) is 12.1. The van der Waals surface area contributed by atoms with Crippen molar-refractivity contribution in [3.8, 4) is 0 Å². The lowest BCUT2D eigenvalue weighted by Crippen LogP contribution is -2.44. The van der Waals surface area contributed by atoms with E-state index in [0.29, 0.717) is 5.41 Å². The summed E-state index contributed by atoms with van der Waals surface area (Å²) in [5.74, 6) is 5.77. The zero-order valence-electron chi connectivity index (χ0n) is 17.5. The highest BCUT2D eigenvalue weighted by atomic mass is 14.6. The summed E-state index contributed by atoms with van der Waals surface area (Å²) in [4.78, 5) is 0. The molecule has 5 aliphatic carbocycles. The standard InChI is InChI=1S/C28H38/c1-2-3-11-21-16-17-22(20-21)28(18-9-4-10-19-28)27-25-14-7-5-12-23(25)24-13-6-8-15-26(24)27/h2,5-8,12-15,21-27H,1,3-4,9-11,16-20H2. The SMILES string of the molecule is C=CCCC1CCC(C2(C3C4C=CC=CC4C4C=CC=CC43)CCCCC2)C1. The monoisotopic (exact) mass is 374 g/mol. The highest BCUT2D eigenvalue weighted by molar-refractivity contribution is 5.30. The lowest BCUT2D eigenvalue weighted by molar-refractivity contribution is -0.00490. The molecule has 0 aromatic heterocycles. The molecular formula is C28H38. The van der Waals surface area contributed by atoms with E-state index in [1.165, 1.54) is 64.2 Å². The minimum atomic E-state index is 0.592. The zero-order chi connectivity index (χ0) is 19.0. The molecule has 0 aromatic rings. The lowest BCUT2D eigenvalue weighted by Gasteiger charge is -2.51. The van der Waals surface area contributed by atoms with Gasteiger partial charge in [-0.15, -0.1) is 6.58 Å². The number of hydrogen-bond acceptors (Lipinski definition) is 0. The van der Waals surface area contributed by atoms with E-state index in [-0.39, 0.29) is 0 Å². The maximum atomic E-state index is 3.97. The van der Waals surface area contributed by atoms with Crippen LogP contribution in [0.1, 0.15) is 64.2 Å². The molecule has 0 N–H and O–H groups in total. The molecule has 0 bridgehead atoms. The predicted molar refractivity (Wildman–Crippen MR) is 120 cm³/mol. The zero-order valence-corrected chi connectivity index (χ0v) is 17.5. The first-order chi connectivity index (χ1) is 13.8. The molecule has 0 nitrogen and oxygen atoms in total. The van der Waals surface area contributed by atoms with Crippen LogP contribution in [0.15, 0.2) is 61.3 Å². The molecule has 6 atom stereocenters. The molecule has 6 unspecified atom stereocenters. The maximum absolute atomic E-state index is 3.97. The Morgan fingerprint density at radius 3 is 2.00 bits per heavy atom. The van der Waals surface area contributed by atoms with Crippen molar-refractivity contribution in [3.63, 3.8) is 0 Å². The summed E-state index contributed by atoms with van der Waals surface area (Å²) in [6, 6.07) is 0. The molecule has 0 radical (unpaired) electrons. The Morgan fingerprint density at radius 2 is 1.39 bits per heavy atom. The lowest BCUT2D eigenvalue weighted by atomic mass is 9.53. The minimum Gasteiger partial charge on any atom is -0.103 e. The fraction of sp³-hybridized carbons (Fsp3) is 0.643.